The van der Waals surface area contributed by atoms with Crippen LogP contribution < -0.4 is 4.74 Å². The van der Waals surface area contributed by atoms with Gasteiger partial charge in [0.2, 0.25) is 0 Å². The second kappa shape index (κ2) is 9.49. The van der Waals surface area contributed by atoms with Crippen molar-refractivity contribution in [2.75, 3.05) is 0 Å². The Morgan fingerprint density at radius 1 is 0.781 bits per heavy atom. The number of rotatable bonds is 4. The maximum absolute atomic E-state index is 14.3. The zero-order valence-electron chi connectivity index (χ0n) is 16.9. The Morgan fingerprint density at radius 3 is 1.78 bits per heavy atom. The van der Waals surface area contributed by atoms with E-state index in [1.54, 1.807) is 6.92 Å². The summed E-state index contributed by atoms with van der Waals surface area (Å²) in [5.41, 5.74) is -2.78. The van der Waals surface area contributed by atoms with Crippen LogP contribution in [0.25, 0.3) is 11.4 Å². The van der Waals surface area contributed by atoms with E-state index in [0.717, 1.165) is 6.07 Å². The second-order valence-corrected chi connectivity index (χ2v) is 6.16. The van der Waals surface area contributed by atoms with E-state index < -0.39 is 46.6 Å². The van der Waals surface area contributed by atoms with Crippen molar-refractivity contribution >= 4 is 0 Å². The Morgan fingerprint density at radius 2 is 1.31 bits per heavy atom. The summed E-state index contributed by atoms with van der Waals surface area (Å²) < 4.78 is 112. The lowest BCUT2D eigenvalue weighted by atomic mass is 10.1. The van der Waals surface area contributed by atoms with Crippen molar-refractivity contribution in [3.63, 3.8) is 0 Å². The van der Waals surface area contributed by atoms with Crippen LogP contribution in [0.4, 0.5) is 35.1 Å². The molecular weight excluding hydrogens is 448 g/mol. The third-order valence-corrected chi connectivity index (χ3v) is 3.87. The summed E-state index contributed by atoms with van der Waals surface area (Å²) in [6.45, 7) is 5.71. The normalized spacial score (nSPS) is 11.6. The van der Waals surface area contributed by atoms with Gasteiger partial charge in [-0.05, 0) is 24.6 Å². The molecule has 0 aliphatic carbocycles. The highest BCUT2D eigenvalue weighted by Crippen LogP contribution is 2.38. The third kappa shape index (κ3) is 5.51. The van der Waals surface area contributed by atoms with Crippen molar-refractivity contribution in [2.45, 2.75) is 33.1 Å². The molecule has 1 aromatic heterocycles. The molecule has 2 aromatic carbocycles. The first-order valence-corrected chi connectivity index (χ1v) is 9.10. The van der Waals surface area contributed by atoms with Crippen molar-refractivity contribution in [3.05, 3.63) is 76.9 Å². The van der Waals surface area contributed by atoms with E-state index in [9.17, 15) is 35.1 Å². The molecule has 0 spiro atoms. The Balaban J connectivity index is 0.00000176. The van der Waals surface area contributed by atoms with Crippen LogP contribution in [0.15, 0.2) is 42.7 Å². The Bertz CT molecular complexity index is 1060. The number of hydrogen-bond donors (Lipinski definition) is 0. The van der Waals surface area contributed by atoms with Gasteiger partial charge in [0.05, 0.1) is 5.56 Å². The van der Waals surface area contributed by atoms with Crippen molar-refractivity contribution < 1.29 is 39.9 Å². The summed E-state index contributed by atoms with van der Waals surface area (Å²) in [7, 11) is 0. The molecule has 32 heavy (non-hydrogen) atoms. The Kier molecular flexibility index (Phi) is 7.42. The lowest BCUT2D eigenvalue weighted by Crippen LogP contribution is -2.24. The molecule has 0 saturated heterocycles. The zero-order valence-corrected chi connectivity index (χ0v) is 16.9. The maximum Gasteiger partial charge on any atom is 0.429 e. The van der Waals surface area contributed by atoms with Crippen LogP contribution in [0.5, 0.6) is 5.75 Å². The average Bonchev–Trinajstić information content (AvgIpc) is 2.67. The highest BCUT2D eigenvalue weighted by atomic mass is 19.4. The standard InChI is InChI=1S/C19H10F8N2O.C2H6/c1-9-7-28-17(29-8-9)10-2-3-12(13(20)4-10)19(26,27)30-11-5-14(21)16(15(22)6-11)18(23,24)25;1-2/h2-8H,1H3;1-2H3. The number of hydrogen-bond acceptors (Lipinski definition) is 3. The molecule has 1 heterocycles. The lowest BCUT2D eigenvalue weighted by molar-refractivity contribution is -0.187. The van der Waals surface area contributed by atoms with Gasteiger partial charge in [-0.25, -0.2) is 23.1 Å². The van der Waals surface area contributed by atoms with Crippen LogP contribution in [0, 0.1) is 24.4 Å². The first-order chi connectivity index (χ1) is 14.9. The van der Waals surface area contributed by atoms with E-state index in [-0.39, 0.29) is 23.5 Å². The number of ether oxygens (including phenoxy) is 1. The van der Waals surface area contributed by atoms with Crippen molar-refractivity contribution in [3.8, 4) is 17.1 Å². The summed E-state index contributed by atoms with van der Waals surface area (Å²) >= 11 is 0. The molecule has 0 radical (unpaired) electrons. The first kappa shape index (κ1) is 25.0. The van der Waals surface area contributed by atoms with Gasteiger partial charge in [0.1, 0.15) is 28.8 Å². The molecule has 0 amide bonds. The van der Waals surface area contributed by atoms with E-state index in [0.29, 0.717) is 17.7 Å². The van der Waals surface area contributed by atoms with Gasteiger partial charge >= 0.3 is 12.3 Å². The molecule has 0 atom stereocenters. The van der Waals surface area contributed by atoms with Gasteiger partial charge in [-0.2, -0.15) is 22.0 Å². The van der Waals surface area contributed by atoms with Gasteiger partial charge in [-0.3, -0.25) is 0 Å². The minimum Gasteiger partial charge on any atom is -0.429 e. The van der Waals surface area contributed by atoms with E-state index in [1.165, 1.54) is 12.4 Å². The van der Waals surface area contributed by atoms with E-state index in [2.05, 4.69) is 14.7 Å². The van der Waals surface area contributed by atoms with Crippen molar-refractivity contribution in [1.29, 1.82) is 0 Å². The molecule has 0 fully saturated rings. The average molecular weight is 464 g/mol. The molecule has 0 saturated carbocycles. The molecular formula is C21H16F8N2O. The topological polar surface area (TPSA) is 35.0 Å². The predicted molar refractivity (Wildman–Crippen MR) is 99.4 cm³/mol. The van der Waals surface area contributed by atoms with Crippen LogP contribution in [0.1, 0.15) is 30.5 Å². The summed E-state index contributed by atoms with van der Waals surface area (Å²) in [6, 6.07) is 2.28. The van der Waals surface area contributed by atoms with Crippen molar-refractivity contribution in [2.24, 2.45) is 0 Å². The molecule has 0 N–H and O–H groups in total. The number of nitrogens with zero attached hydrogens (tertiary/aromatic N) is 2. The minimum atomic E-state index is -5.38. The highest BCUT2D eigenvalue weighted by molar-refractivity contribution is 5.55. The molecule has 172 valence electrons. The van der Waals surface area contributed by atoms with Gasteiger partial charge < -0.3 is 4.74 Å². The number of halogens is 8. The van der Waals surface area contributed by atoms with Crippen molar-refractivity contribution in [1.82, 2.24) is 9.97 Å². The predicted octanol–water partition coefficient (Wildman–Crippen LogP) is 7.04. The van der Waals surface area contributed by atoms with Gasteiger partial charge in [0.15, 0.2) is 5.82 Å². The summed E-state index contributed by atoms with van der Waals surface area (Å²) in [5.74, 6) is -6.95. The molecule has 11 heteroatoms. The molecule has 0 unspecified atom stereocenters. The number of aromatic nitrogens is 2. The Labute approximate surface area is 177 Å². The van der Waals surface area contributed by atoms with E-state index >= 15 is 0 Å². The van der Waals surface area contributed by atoms with Gasteiger partial charge in [0.25, 0.3) is 0 Å². The van der Waals surface area contributed by atoms with Crippen LogP contribution in [0.2, 0.25) is 0 Å². The highest BCUT2D eigenvalue weighted by Gasteiger charge is 2.41. The van der Waals surface area contributed by atoms with E-state index in [4.69, 9.17) is 0 Å². The summed E-state index contributed by atoms with van der Waals surface area (Å²) in [5, 5.41) is 0. The van der Waals surface area contributed by atoms with Gasteiger partial charge in [-0.1, -0.05) is 19.9 Å². The quantitative estimate of drug-likeness (QED) is 0.389. The number of benzene rings is 2. The summed E-state index contributed by atoms with van der Waals surface area (Å²) in [6.07, 6.45) is -6.97. The second-order valence-electron chi connectivity index (χ2n) is 6.16. The van der Waals surface area contributed by atoms with Crippen LogP contribution in [0.3, 0.4) is 0 Å². The first-order valence-electron chi connectivity index (χ1n) is 9.10. The fraction of sp³-hybridized carbons (Fsp3) is 0.238. The minimum absolute atomic E-state index is 0.0576. The SMILES string of the molecule is CC.Cc1cnc(-c2ccc(C(F)(F)Oc3cc(F)c(C(F)(F)F)c(F)c3)c(F)c2)nc1. The molecule has 3 aromatic rings. The zero-order chi connectivity index (χ0) is 24.3. The van der Waals surface area contributed by atoms with Crippen LogP contribution in [-0.2, 0) is 12.3 Å². The van der Waals surface area contributed by atoms with Crippen LogP contribution in [-0.4, -0.2) is 9.97 Å². The molecule has 3 nitrogen and oxygen atoms in total. The largest absolute Gasteiger partial charge is 0.429 e. The maximum atomic E-state index is 14.3. The molecule has 3 rings (SSSR count). The summed E-state index contributed by atoms with van der Waals surface area (Å²) in [4.78, 5) is 7.85. The van der Waals surface area contributed by atoms with Gasteiger partial charge in [-0.15, -0.1) is 0 Å². The monoisotopic (exact) mass is 464 g/mol. The fourth-order valence-electron chi connectivity index (χ4n) is 2.51. The molecule has 0 bridgehead atoms. The van der Waals surface area contributed by atoms with Crippen LogP contribution >= 0.6 is 0 Å². The van der Waals surface area contributed by atoms with Gasteiger partial charge in [0, 0.05) is 30.1 Å². The fourth-order valence-corrected chi connectivity index (χ4v) is 2.51. The molecule has 0 aliphatic rings. The lowest BCUT2D eigenvalue weighted by Gasteiger charge is -2.20. The number of alkyl halides is 5. The third-order valence-electron chi connectivity index (χ3n) is 3.87. The Hall–Kier alpha value is -3.24. The smallest absolute Gasteiger partial charge is 0.429 e. The number of aryl methyl sites for hydroxylation is 1. The molecule has 0 aliphatic heterocycles. The van der Waals surface area contributed by atoms with E-state index in [1.807, 2.05) is 13.8 Å².